The van der Waals surface area contributed by atoms with Crippen molar-refractivity contribution in [2.45, 2.75) is 6.42 Å². The number of benzene rings is 2. The number of hydrogen-bond donors (Lipinski definition) is 1. The molecule has 1 N–H and O–H groups in total. The van der Waals surface area contributed by atoms with Crippen LogP contribution >= 0.6 is 0 Å². The molecule has 0 unspecified atom stereocenters. The van der Waals surface area contributed by atoms with E-state index in [9.17, 15) is 14.0 Å². The maximum atomic E-state index is 14.4. The van der Waals surface area contributed by atoms with Crippen molar-refractivity contribution in [1.29, 1.82) is 0 Å². The normalized spacial score (nSPS) is 17.4. The highest BCUT2D eigenvalue weighted by Crippen LogP contribution is 2.37. The van der Waals surface area contributed by atoms with Crippen molar-refractivity contribution in [3.63, 3.8) is 0 Å². The third-order valence-electron chi connectivity index (χ3n) is 5.13. The van der Waals surface area contributed by atoms with Crippen molar-refractivity contribution in [2.75, 3.05) is 23.6 Å². The van der Waals surface area contributed by atoms with Gasteiger partial charge in [-0.3, -0.25) is 9.59 Å². The van der Waals surface area contributed by atoms with Crippen LogP contribution in [-0.4, -0.2) is 34.9 Å². The second kappa shape index (κ2) is 7.18. The molecule has 5 rings (SSSR count). The largest absolute Gasteiger partial charge is 0.454 e. The number of aromatic nitrogens is 2. The third-order valence-corrected chi connectivity index (χ3v) is 5.13. The van der Waals surface area contributed by atoms with Crippen molar-refractivity contribution in [2.24, 2.45) is 5.92 Å². The average Bonchev–Trinajstić information content (AvgIpc) is 3.48. The fraction of sp³-hybridized carbons (Fsp3) is 0.190. The van der Waals surface area contributed by atoms with Gasteiger partial charge in [0.15, 0.2) is 17.3 Å². The molecule has 2 aromatic carbocycles. The summed E-state index contributed by atoms with van der Waals surface area (Å²) < 4.78 is 26.4. The van der Waals surface area contributed by atoms with Crippen molar-refractivity contribution < 1.29 is 23.5 Å². The highest BCUT2D eigenvalue weighted by molar-refractivity contribution is 6.03. The minimum atomic E-state index is -0.545. The van der Waals surface area contributed by atoms with E-state index in [2.05, 4.69) is 10.4 Å². The summed E-state index contributed by atoms with van der Waals surface area (Å²) in [4.78, 5) is 26.7. The Kier molecular flexibility index (Phi) is 4.35. The van der Waals surface area contributed by atoms with Gasteiger partial charge >= 0.3 is 0 Å². The lowest BCUT2D eigenvalue weighted by Gasteiger charge is -2.17. The van der Waals surface area contributed by atoms with E-state index in [0.29, 0.717) is 22.9 Å². The maximum absolute atomic E-state index is 14.4. The van der Waals surface area contributed by atoms with Crippen LogP contribution in [0.15, 0.2) is 54.9 Å². The van der Waals surface area contributed by atoms with Crippen LogP contribution in [0.3, 0.4) is 0 Å². The number of halogens is 1. The zero-order valence-electron chi connectivity index (χ0n) is 15.7. The fourth-order valence-corrected chi connectivity index (χ4v) is 3.61. The molecule has 0 saturated carbocycles. The molecule has 8 nitrogen and oxygen atoms in total. The number of carbonyl (C=O) groups excluding carboxylic acids is 2. The molecule has 30 heavy (non-hydrogen) atoms. The number of fused-ring (bicyclic) bond motifs is 1. The predicted molar refractivity (Wildman–Crippen MR) is 105 cm³/mol. The van der Waals surface area contributed by atoms with Gasteiger partial charge in [0.25, 0.3) is 0 Å². The van der Waals surface area contributed by atoms with Gasteiger partial charge in [0, 0.05) is 42.8 Å². The number of anilines is 2. The van der Waals surface area contributed by atoms with E-state index in [-0.39, 0.29) is 37.3 Å². The topological polar surface area (TPSA) is 85.7 Å². The Hall–Kier alpha value is -3.88. The zero-order valence-corrected chi connectivity index (χ0v) is 15.7. The average molecular weight is 408 g/mol. The number of carbonyl (C=O) groups is 2. The van der Waals surface area contributed by atoms with Crippen molar-refractivity contribution in [3.8, 4) is 17.2 Å². The van der Waals surface area contributed by atoms with Crippen molar-refractivity contribution >= 4 is 23.2 Å². The Labute approximate surface area is 170 Å². The minimum Gasteiger partial charge on any atom is -0.454 e. The van der Waals surface area contributed by atoms with E-state index >= 15 is 0 Å². The van der Waals surface area contributed by atoms with Crippen molar-refractivity contribution in [3.05, 3.63) is 60.7 Å². The first-order valence-corrected chi connectivity index (χ1v) is 9.39. The number of rotatable bonds is 4. The molecule has 3 aromatic rings. The number of hydrogen-bond acceptors (Lipinski definition) is 5. The van der Waals surface area contributed by atoms with Crippen LogP contribution in [0.4, 0.5) is 15.8 Å². The molecule has 0 bridgehead atoms. The second-order valence-corrected chi connectivity index (χ2v) is 7.05. The van der Waals surface area contributed by atoms with Gasteiger partial charge in [0.05, 0.1) is 5.92 Å². The molecule has 0 spiro atoms. The summed E-state index contributed by atoms with van der Waals surface area (Å²) in [5, 5.41) is 6.70. The van der Waals surface area contributed by atoms with Crippen LogP contribution in [0, 0.1) is 11.7 Å². The first-order valence-electron chi connectivity index (χ1n) is 9.39. The van der Waals surface area contributed by atoms with Gasteiger partial charge in [-0.25, -0.2) is 9.07 Å². The molecular weight excluding hydrogens is 391 g/mol. The fourth-order valence-electron chi connectivity index (χ4n) is 3.61. The van der Waals surface area contributed by atoms with E-state index in [4.69, 9.17) is 9.47 Å². The monoisotopic (exact) mass is 408 g/mol. The lowest BCUT2D eigenvalue weighted by Crippen LogP contribution is -2.28. The molecular formula is C21H17FN4O4. The molecule has 152 valence electrons. The van der Waals surface area contributed by atoms with Crippen molar-refractivity contribution in [1.82, 2.24) is 9.78 Å². The van der Waals surface area contributed by atoms with E-state index < -0.39 is 11.7 Å². The first kappa shape index (κ1) is 18.2. The lowest BCUT2D eigenvalue weighted by atomic mass is 10.1. The van der Waals surface area contributed by atoms with E-state index in [1.807, 2.05) is 0 Å². The number of amides is 2. The molecule has 1 atom stereocenters. The molecule has 2 aliphatic heterocycles. The molecule has 3 heterocycles. The summed E-state index contributed by atoms with van der Waals surface area (Å²) in [5.74, 6) is -0.356. The van der Waals surface area contributed by atoms with E-state index in [0.717, 1.165) is 0 Å². The lowest BCUT2D eigenvalue weighted by molar-refractivity contribution is -0.122. The van der Waals surface area contributed by atoms with E-state index in [1.165, 1.54) is 16.8 Å². The smallest absolute Gasteiger partial charge is 0.231 e. The quantitative estimate of drug-likeness (QED) is 0.718. The predicted octanol–water partition coefficient (Wildman–Crippen LogP) is 2.73. The maximum Gasteiger partial charge on any atom is 0.231 e. The summed E-state index contributed by atoms with van der Waals surface area (Å²) >= 11 is 0. The number of nitrogens with zero attached hydrogens (tertiary/aromatic N) is 3. The Morgan fingerprint density at radius 2 is 2.03 bits per heavy atom. The van der Waals surface area contributed by atoms with Crippen LogP contribution < -0.4 is 19.7 Å². The zero-order chi connectivity index (χ0) is 20.7. The summed E-state index contributed by atoms with van der Waals surface area (Å²) in [7, 11) is 0. The summed E-state index contributed by atoms with van der Waals surface area (Å²) in [6, 6.07) is 11.3. The highest BCUT2D eigenvalue weighted by atomic mass is 19.1. The Morgan fingerprint density at radius 3 is 2.83 bits per heavy atom. The van der Waals surface area contributed by atoms with Gasteiger partial charge < -0.3 is 19.7 Å². The minimum absolute atomic E-state index is 0.0775. The van der Waals surface area contributed by atoms with Gasteiger partial charge in [-0.05, 0) is 36.4 Å². The molecule has 1 aromatic heterocycles. The third kappa shape index (κ3) is 3.24. The summed E-state index contributed by atoms with van der Waals surface area (Å²) in [6.07, 6.45) is 3.26. The van der Waals surface area contributed by atoms with Crippen LogP contribution in [0.25, 0.3) is 5.69 Å². The Morgan fingerprint density at radius 1 is 1.17 bits per heavy atom. The summed E-state index contributed by atoms with van der Waals surface area (Å²) in [5.41, 5.74) is 1.25. The van der Waals surface area contributed by atoms with Crippen LogP contribution in [0.5, 0.6) is 11.5 Å². The van der Waals surface area contributed by atoms with E-state index in [1.54, 1.807) is 47.6 Å². The Bertz CT molecular complexity index is 1130. The highest BCUT2D eigenvalue weighted by Gasteiger charge is 2.35. The number of ether oxygens (including phenoxy) is 2. The standard InChI is InChI=1S/C21H17FN4O4/c22-16-9-14(2-4-17(16)26-7-1-6-23-26)24-21(28)13-8-20(27)25(11-13)15-3-5-18-19(10-15)30-12-29-18/h1-7,9-10,13H,8,11-12H2,(H,24,28)/t13-/m0/s1. The molecule has 1 saturated heterocycles. The SMILES string of the molecule is O=C(Nc1ccc(-n2cccn2)c(F)c1)[C@H]1CC(=O)N(c2ccc3c(c2)OCO3)C1. The molecule has 0 aliphatic carbocycles. The number of nitrogens with one attached hydrogen (secondary N) is 1. The van der Waals surface area contributed by atoms with Crippen LogP contribution in [0.1, 0.15) is 6.42 Å². The second-order valence-electron chi connectivity index (χ2n) is 7.05. The molecule has 2 aliphatic rings. The molecule has 1 fully saturated rings. The molecule has 0 radical (unpaired) electrons. The molecule has 9 heteroatoms. The van der Waals surface area contributed by atoms with Crippen LogP contribution in [-0.2, 0) is 9.59 Å². The summed E-state index contributed by atoms with van der Waals surface area (Å²) in [6.45, 7) is 0.381. The van der Waals surface area contributed by atoms with Gasteiger partial charge in [-0.15, -0.1) is 0 Å². The van der Waals surface area contributed by atoms with Gasteiger partial charge in [-0.1, -0.05) is 0 Å². The van der Waals surface area contributed by atoms with Crippen LogP contribution in [0.2, 0.25) is 0 Å². The van der Waals surface area contributed by atoms with Gasteiger partial charge in [0.1, 0.15) is 5.69 Å². The van der Waals surface area contributed by atoms with Gasteiger partial charge in [0.2, 0.25) is 18.6 Å². The van der Waals surface area contributed by atoms with Gasteiger partial charge in [-0.2, -0.15) is 5.10 Å². The molecule has 2 amide bonds. The Balaban J connectivity index is 1.28. The first-order chi connectivity index (χ1) is 14.6.